The van der Waals surface area contributed by atoms with Gasteiger partial charge in [-0.2, -0.15) is 0 Å². The van der Waals surface area contributed by atoms with Crippen molar-refractivity contribution < 1.29 is 9.90 Å². The summed E-state index contributed by atoms with van der Waals surface area (Å²) in [5, 5.41) is 9.27. The van der Waals surface area contributed by atoms with Gasteiger partial charge >= 0.3 is 0 Å². The monoisotopic (exact) mass is 290 g/mol. The van der Waals surface area contributed by atoms with E-state index in [0.29, 0.717) is 6.42 Å². The molecule has 1 saturated heterocycles. The zero-order valence-corrected chi connectivity index (χ0v) is 12.8. The number of rotatable bonds is 5. The topological polar surface area (TPSA) is 66.6 Å². The van der Waals surface area contributed by atoms with Crippen molar-refractivity contribution in [1.82, 2.24) is 4.90 Å². The zero-order chi connectivity index (χ0) is 15.2. The lowest BCUT2D eigenvalue weighted by Gasteiger charge is -2.33. The number of nitrogens with zero attached hydrogens (tertiary/aromatic N) is 1. The van der Waals surface area contributed by atoms with Crippen LogP contribution in [0.2, 0.25) is 0 Å². The summed E-state index contributed by atoms with van der Waals surface area (Å²) in [6.07, 6.45) is 5.21. The fourth-order valence-electron chi connectivity index (χ4n) is 3.06. The Kier molecular flexibility index (Phi) is 5.62. The van der Waals surface area contributed by atoms with E-state index in [0.717, 1.165) is 37.4 Å². The van der Waals surface area contributed by atoms with Gasteiger partial charge in [0, 0.05) is 13.1 Å². The van der Waals surface area contributed by atoms with Gasteiger partial charge in [0.15, 0.2) is 0 Å². The van der Waals surface area contributed by atoms with Crippen molar-refractivity contribution in [3.05, 3.63) is 29.8 Å². The number of phenols is 1. The van der Waals surface area contributed by atoms with Crippen LogP contribution in [0, 0.1) is 5.92 Å². The van der Waals surface area contributed by atoms with E-state index < -0.39 is 6.04 Å². The maximum Gasteiger partial charge on any atom is 0.239 e. The van der Waals surface area contributed by atoms with Crippen molar-refractivity contribution in [3.8, 4) is 5.75 Å². The molecule has 21 heavy (non-hydrogen) atoms. The standard InChI is InChI=1S/C17H26N2O2/c1-2-3-13-8-10-19(11-9-13)17(21)16(18)12-14-4-6-15(20)7-5-14/h4-7,13,16,20H,2-3,8-12,18H2,1H3/t16-/m0/s1. The molecule has 1 heterocycles. The first-order valence-corrected chi connectivity index (χ1v) is 7.92. The number of hydrogen-bond donors (Lipinski definition) is 2. The molecule has 1 aliphatic rings. The summed E-state index contributed by atoms with van der Waals surface area (Å²) in [7, 11) is 0. The highest BCUT2D eigenvalue weighted by Gasteiger charge is 2.25. The number of piperidine rings is 1. The molecule has 1 amide bonds. The molecule has 3 N–H and O–H groups in total. The van der Waals surface area contributed by atoms with Crippen molar-refractivity contribution in [3.63, 3.8) is 0 Å². The third-order valence-electron chi connectivity index (χ3n) is 4.33. The molecular formula is C17H26N2O2. The van der Waals surface area contributed by atoms with Gasteiger partial charge in [-0.05, 0) is 42.9 Å². The second kappa shape index (κ2) is 7.46. The molecule has 1 atom stereocenters. The molecule has 1 fully saturated rings. The number of phenolic OH excluding ortho intramolecular Hbond substituents is 1. The van der Waals surface area contributed by atoms with Crippen LogP contribution in [0.4, 0.5) is 0 Å². The highest BCUT2D eigenvalue weighted by atomic mass is 16.3. The van der Waals surface area contributed by atoms with Gasteiger partial charge in [-0.3, -0.25) is 4.79 Å². The summed E-state index contributed by atoms with van der Waals surface area (Å²) in [6, 6.07) is 6.40. The van der Waals surface area contributed by atoms with Gasteiger partial charge in [0.05, 0.1) is 6.04 Å². The fourth-order valence-corrected chi connectivity index (χ4v) is 3.06. The van der Waals surface area contributed by atoms with Gasteiger partial charge in [-0.1, -0.05) is 31.9 Å². The normalized spacial score (nSPS) is 17.7. The van der Waals surface area contributed by atoms with E-state index in [1.807, 2.05) is 17.0 Å². The van der Waals surface area contributed by atoms with Crippen LogP contribution in [0.25, 0.3) is 0 Å². The smallest absolute Gasteiger partial charge is 0.239 e. The lowest BCUT2D eigenvalue weighted by molar-refractivity contribution is -0.134. The van der Waals surface area contributed by atoms with Gasteiger partial charge < -0.3 is 15.7 Å². The molecule has 4 nitrogen and oxygen atoms in total. The summed E-state index contributed by atoms with van der Waals surface area (Å²) in [4.78, 5) is 14.3. The third-order valence-corrected chi connectivity index (χ3v) is 4.33. The Balaban J connectivity index is 1.84. The number of carbonyl (C=O) groups excluding carboxylic acids is 1. The lowest BCUT2D eigenvalue weighted by atomic mass is 9.92. The van der Waals surface area contributed by atoms with Crippen LogP contribution in [0.1, 0.15) is 38.2 Å². The molecule has 0 saturated carbocycles. The van der Waals surface area contributed by atoms with E-state index in [1.165, 1.54) is 12.8 Å². The molecule has 0 unspecified atom stereocenters. The van der Waals surface area contributed by atoms with Crippen molar-refractivity contribution >= 4 is 5.91 Å². The zero-order valence-electron chi connectivity index (χ0n) is 12.8. The summed E-state index contributed by atoms with van der Waals surface area (Å²) >= 11 is 0. The van der Waals surface area contributed by atoms with E-state index in [4.69, 9.17) is 5.73 Å². The molecule has 1 aromatic rings. The molecule has 1 aliphatic heterocycles. The van der Waals surface area contributed by atoms with Crippen molar-refractivity contribution in [2.24, 2.45) is 11.7 Å². The maximum atomic E-state index is 12.4. The molecule has 0 bridgehead atoms. The Morgan fingerprint density at radius 1 is 1.33 bits per heavy atom. The van der Waals surface area contributed by atoms with Gasteiger partial charge in [0.2, 0.25) is 5.91 Å². The predicted molar refractivity (Wildman–Crippen MR) is 84.0 cm³/mol. The summed E-state index contributed by atoms with van der Waals surface area (Å²) < 4.78 is 0. The van der Waals surface area contributed by atoms with Crippen LogP contribution in [0.3, 0.4) is 0 Å². The minimum absolute atomic E-state index is 0.0537. The van der Waals surface area contributed by atoms with Gasteiger partial charge in [-0.15, -0.1) is 0 Å². The average Bonchev–Trinajstić information content (AvgIpc) is 2.50. The first kappa shape index (κ1) is 15.8. The number of likely N-dealkylation sites (tertiary alicyclic amines) is 1. The first-order chi connectivity index (χ1) is 10.1. The minimum atomic E-state index is -0.489. The quantitative estimate of drug-likeness (QED) is 0.874. The highest BCUT2D eigenvalue weighted by Crippen LogP contribution is 2.22. The summed E-state index contributed by atoms with van der Waals surface area (Å²) in [5.41, 5.74) is 7.04. The van der Waals surface area contributed by atoms with E-state index in [-0.39, 0.29) is 11.7 Å². The van der Waals surface area contributed by atoms with Crippen LogP contribution >= 0.6 is 0 Å². The van der Waals surface area contributed by atoms with Gasteiger partial charge in [-0.25, -0.2) is 0 Å². The first-order valence-electron chi connectivity index (χ1n) is 7.92. The Hall–Kier alpha value is -1.55. The molecule has 0 spiro atoms. The maximum absolute atomic E-state index is 12.4. The third kappa shape index (κ3) is 4.46. The Morgan fingerprint density at radius 2 is 1.95 bits per heavy atom. The lowest BCUT2D eigenvalue weighted by Crippen LogP contribution is -2.48. The molecule has 0 aliphatic carbocycles. The molecule has 0 aromatic heterocycles. The predicted octanol–water partition coefficient (Wildman–Crippen LogP) is 2.30. The number of carbonyl (C=O) groups is 1. The Labute approximate surface area is 126 Å². The van der Waals surface area contributed by atoms with E-state index >= 15 is 0 Å². The summed E-state index contributed by atoms with van der Waals surface area (Å²) in [5.74, 6) is 1.06. The molecule has 1 aromatic carbocycles. The van der Waals surface area contributed by atoms with E-state index in [2.05, 4.69) is 6.92 Å². The number of hydrogen-bond acceptors (Lipinski definition) is 3. The van der Waals surface area contributed by atoms with Crippen molar-refractivity contribution in [2.75, 3.05) is 13.1 Å². The van der Waals surface area contributed by atoms with Gasteiger partial charge in [0.1, 0.15) is 5.75 Å². The summed E-state index contributed by atoms with van der Waals surface area (Å²) in [6.45, 7) is 3.89. The van der Waals surface area contributed by atoms with Gasteiger partial charge in [0.25, 0.3) is 0 Å². The van der Waals surface area contributed by atoms with Crippen LogP contribution in [-0.4, -0.2) is 35.0 Å². The Bertz CT molecular complexity index is 450. The molecule has 4 heteroatoms. The number of amides is 1. The highest BCUT2D eigenvalue weighted by molar-refractivity contribution is 5.82. The minimum Gasteiger partial charge on any atom is -0.508 e. The SMILES string of the molecule is CCCC1CCN(C(=O)[C@@H](N)Cc2ccc(O)cc2)CC1. The second-order valence-electron chi connectivity index (χ2n) is 6.03. The molecular weight excluding hydrogens is 264 g/mol. The van der Waals surface area contributed by atoms with E-state index in [1.54, 1.807) is 12.1 Å². The van der Waals surface area contributed by atoms with E-state index in [9.17, 15) is 9.90 Å². The molecule has 116 valence electrons. The number of nitrogens with two attached hydrogens (primary N) is 1. The largest absolute Gasteiger partial charge is 0.508 e. The van der Waals surface area contributed by atoms with Crippen LogP contribution in [-0.2, 0) is 11.2 Å². The number of benzene rings is 1. The van der Waals surface area contributed by atoms with Crippen LogP contribution in [0.15, 0.2) is 24.3 Å². The van der Waals surface area contributed by atoms with Crippen LogP contribution < -0.4 is 5.73 Å². The number of aromatic hydroxyl groups is 1. The Morgan fingerprint density at radius 3 is 2.52 bits per heavy atom. The van der Waals surface area contributed by atoms with Crippen molar-refractivity contribution in [2.45, 2.75) is 45.1 Å². The van der Waals surface area contributed by atoms with Crippen molar-refractivity contribution in [1.29, 1.82) is 0 Å². The van der Waals surface area contributed by atoms with Crippen LogP contribution in [0.5, 0.6) is 5.75 Å². The molecule has 0 radical (unpaired) electrons. The fraction of sp³-hybridized carbons (Fsp3) is 0.588. The second-order valence-corrected chi connectivity index (χ2v) is 6.03. The average molecular weight is 290 g/mol. The molecule has 2 rings (SSSR count).